The highest BCUT2D eigenvalue weighted by Gasteiger charge is 2.42. The lowest BCUT2D eigenvalue weighted by Gasteiger charge is -2.29. The van der Waals surface area contributed by atoms with Gasteiger partial charge in [0, 0.05) is 29.5 Å². The maximum atomic E-state index is 11.8. The molecule has 2 N–H and O–H groups in total. The van der Waals surface area contributed by atoms with Crippen molar-refractivity contribution in [3.05, 3.63) is 107 Å². The van der Waals surface area contributed by atoms with Crippen molar-refractivity contribution in [3.63, 3.8) is 0 Å². The standard InChI is InChI=1S/C28H29N5O2S2/c1-18-10-11-21(16-19(18)2)32-15-7-9-25(32)27-26(24-8-5-6-14-29-24)30-28(36)33(27)22-12-13-23(20(3)17-22)31-37(4,34)35/h5-17,26-27,31H,1-4H3,(H,30,36)/t26-,27-/m0/s1. The first kappa shape index (κ1) is 25.0. The second kappa shape index (κ2) is 9.64. The molecule has 2 aromatic carbocycles. The van der Waals surface area contributed by atoms with Crippen molar-refractivity contribution in [2.75, 3.05) is 15.9 Å². The zero-order valence-corrected chi connectivity index (χ0v) is 22.8. The van der Waals surface area contributed by atoms with Crippen LogP contribution in [-0.2, 0) is 10.0 Å². The highest BCUT2D eigenvalue weighted by Crippen LogP contribution is 2.43. The Morgan fingerprint density at radius 1 is 0.919 bits per heavy atom. The van der Waals surface area contributed by atoms with Crippen molar-refractivity contribution in [1.82, 2.24) is 14.9 Å². The number of rotatable bonds is 6. The first-order chi connectivity index (χ1) is 17.6. The number of thiocarbonyl (C=S) groups is 1. The monoisotopic (exact) mass is 531 g/mol. The van der Waals surface area contributed by atoms with Crippen molar-refractivity contribution in [3.8, 4) is 5.69 Å². The zero-order valence-electron chi connectivity index (χ0n) is 21.1. The van der Waals surface area contributed by atoms with E-state index in [-0.39, 0.29) is 12.1 Å². The SMILES string of the molecule is Cc1ccc(-n2cccc2[C@H]2[C@H](c3ccccn3)NC(=S)N2c2ccc(NS(C)(=O)=O)c(C)c2)cc1C. The number of sulfonamides is 1. The van der Waals surface area contributed by atoms with E-state index in [1.54, 1.807) is 12.3 Å². The molecule has 0 bridgehead atoms. The van der Waals surface area contributed by atoms with Gasteiger partial charge in [-0.3, -0.25) is 9.71 Å². The summed E-state index contributed by atoms with van der Waals surface area (Å²) in [4.78, 5) is 6.74. The smallest absolute Gasteiger partial charge is 0.229 e. The summed E-state index contributed by atoms with van der Waals surface area (Å²) >= 11 is 5.88. The minimum absolute atomic E-state index is 0.192. The molecule has 9 heteroatoms. The van der Waals surface area contributed by atoms with Crippen molar-refractivity contribution in [1.29, 1.82) is 0 Å². The molecular weight excluding hydrogens is 502 g/mol. The van der Waals surface area contributed by atoms with Crippen LogP contribution >= 0.6 is 12.2 Å². The molecule has 0 spiro atoms. The molecule has 0 aliphatic carbocycles. The number of aryl methyl sites for hydroxylation is 3. The van der Waals surface area contributed by atoms with Gasteiger partial charge in [-0.1, -0.05) is 12.1 Å². The van der Waals surface area contributed by atoms with Crippen LogP contribution in [0.15, 0.2) is 79.1 Å². The van der Waals surface area contributed by atoms with Crippen LogP contribution in [0, 0.1) is 20.8 Å². The van der Waals surface area contributed by atoms with Crippen molar-refractivity contribution in [2.45, 2.75) is 32.9 Å². The molecule has 0 unspecified atom stereocenters. The maximum absolute atomic E-state index is 11.8. The number of nitrogens with zero attached hydrogens (tertiary/aromatic N) is 3. The van der Waals surface area contributed by atoms with E-state index in [0.29, 0.717) is 10.8 Å². The minimum atomic E-state index is -3.39. The summed E-state index contributed by atoms with van der Waals surface area (Å²) in [5, 5.41) is 4.08. The number of benzene rings is 2. The Labute approximate surface area is 223 Å². The summed E-state index contributed by atoms with van der Waals surface area (Å²) in [5.41, 5.74) is 7.69. The first-order valence-corrected chi connectivity index (χ1v) is 14.3. The van der Waals surface area contributed by atoms with Crippen LogP contribution in [0.2, 0.25) is 0 Å². The van der Waals surface area contributed by atoms with E-state index < -0.39 is 10.0 Å². The Bertz CT molecular complexity index is 1580. The van der Waals surface area contributed by atoms with Crippen LogP contribution < -0.4 is 14.9 Å². The Hall–Kier alpha value is -3.69. The van der Waals surface area contributed by atoms with E-state index >= 15 is 0 Å². The van der Waals surface area contributed by atoms with Crippen molar-refractivity contribution >= 4 is 38.7 Å². The summed E-state index contributed by atoms with van der Waals surface area (Å²) in [6.45, 7) is 6.11. The van der Waals surface area contributed by atoms with E-state index in [2.05, 4.69) is 68.8 Å². The molecule has 0 radical (unpaired) electrons. The second-order valence-electron chi connectivity index (χ2n) is 9.44. The number of hydrogen-bond donors (Lipinski definition) is 2. The van der Waals surface area contributed by atoms with Gasteiger partial charge in [-0.2, -0.15) is 0 Å². The molecule has 3 heterocycles. The van der Waals surface area contributed by atoms with Crippen LogP contribution in [0.1, 0.15) is 40.2 Å². The maximum Gasteiger partial charge on any atom is 0.229 e. The van der Waals surface area contributed by atoms with Crippen LogP contribution in [0.4, 0.5) is 11.4 Å². The van der Waals surface area contributed by atoms with E-state index in [1.165, 1.54) is 11.1 Å². The molecule has 1 saturated heterocycles. The highest BCUT2D eigenvalue weighted by atomic mass is 32.2. The Morgan fingerprint density at radius 3 is 2.35 bits per heavy atom. The number of aromatic nitrogens is 2. The fourth-order valence-electron chi connectivity index (χ4n) is 4.79. The lowest BCUT2D eigenvalue weighted by molar-refractivity contribution is 0.549. The predicted octanol–water partition coefficient (Wildman–Crippen LogP) is 5.35. The fraction of sp³-hybridized carbons (Fsp3) is 0.214. The number of nitrogens with one attached hydrogen (secondary N) is 2. The largest absolute Gasteiger partial charge is 0.351 e. The van der Waals surface area contributed by atoms with Gasteiger partial charge < -0.3 is 14.8 Å². The van der Waals surface area contributed by atoms with Crippen molar-refractivity contribution in [2.24, 2.45) is 0 Å². The van der Waals surface area contributed by atoms with Gasteiger partial charge in [0.05, 0.1) is 23.7 Å². The minimum Gasteiger partial charge on any atom is -0.351 e. The molecule has 0 amide bonds. The topological polar surface area (TPSA) is 79.3 Å². The van der Waals surface area contributed by atoms with Crippen LogP contribution in [0.25, 0.3) is 5.69 Å². The summed E-state index contributed by atoms with van der Waals surface area (Å²) in [7, 11) is -3.39. The molecule has 7 nitrogen and oxygen atoms in total. The molecule has 4 aromatic rings. The van der Waals surface area contributed by atoms with Gasteiger partial charge in [0.2, 0.25) is 10.0 Å². The van der Waals surface area contributed by atoms with Gasteiger partial charge in [-0.15, -0.1) is 0 Å². The third-order valence-corrected chi connectivity index (χ3v) is 7.64. The number of anilines is 2. The third-order valence-electron chi connectivity index (χ3n) is 6.73. The van der Waals surface area contributed by atoms with E-state index in [0.717, 1.165) is 34.6 Å². The second-order valence-corrected chi connectivity index (χ2v) is 11.6. The van der Waals surface area contributed by atoms with Crippen molar-refractivity contribution < 1.29 is 8.42 Å². The number of hydrogen-bond acceptors (Lipinski definition) is 4. The molecule has 37 heavy (non-hydrogen) atoms. The molecule has 2 aromatic heterocycles. The van der Waals surface area contributed by atoms with Gasteiger partial charge in [0.15, 0.2) is 5.11 Å². The van der Waals surface area contributed by atoms with Crippen LogP contribution in [0.5, 0.6) is 0 Å². The molecule has 2 atom stereocenters. The lowest BCUT2D eigenvalue weighted by atomic mass is 10.00. The quantitative estimate of drug-likeness (QED) is 0.327. The fourth-order valence-corrected chi connectivity index (χ4v) is 5.77. The Morgan fingerprint density at radius 2 is 1.68 bits per heavy atom. The van der Waals surface area contributed by atoms with E-state index in [9.17, 15) is 8.42 Å². The van der Waals surface area contributed by atoms with Gasteiger partial charge in [0.1, 0.15) is 6.04 Å². The van der Waals surface area contributed by atoms with Crippen LogP contribution in [-0.4, -0.2) is 29.3 Å². The lowest BCUT2D eigenvalue weighted by Crippen LogP contribution is -2.30. The van der Waals surface area contributed by atoms with Gasteiger partial charge in [-0.05, 0) is 104 Å². The molecule has 1 fully saturated rings. The van der Waals surface area contributed by atoms with Crippen LogP contribution in [0.3, 0.4) is 0 Å². The van der Waals surface area contributed by atoms with Gasteiger partial charge >= 0.3 is 0 Å². The molecule has 1 aliphatic heterocycles. The van der Waals surface area contributed by atoms with E-state index in [1.807, 2.05) is 43.3 Å². The summed E-state index contributed by atoms with van der Waals surface area (Å²) in [6.07, 6.45) is 5.01. The van der Waals surface area contributed by atoms with Gasteiger partial charge in [0.25, 0.3) is 0 Å². The molecule has 0 saturated carbocycles. The van der Waals surface area contributed by atoms with Gasteiger partial charge in [-0.25, -0.2) is 8.42 Å². The normalized spacial score (nSPS) is 17.6. The molecule has 190 valence electrons. The molecule has 1 aliphatic rings. The molecular formula is C28H29N5O2S2. The average Bonchev–Trinajstić information content (AvgIpc) is 3.46. The number of pyridine rings is 1. The first-order valence-electron chi connectivity index (χ1n) is 12.0. The van der Waals surface area contributed by atoms with E-state index in [4.69, 9.17) is 12.2 Å². The zero-order chi connectivity index (χ0) is 26.3. The molecule has 5 rings (SSSR count). The highest BCUT2D eigenvalue weighted by molar-refractivity contribution is 7.92. The summed E-state index contributed by atoms with van der Waals surface area (Å²) in [6, 6.07) is 21.7. The third kappa shape index (κ3) is 4.97. The Kier molecular flexibility index (Phi) is 6.51. The average molecular weight is 532 g/mol. The summed E-state index contributed by atoms with van der Waals surface area (Å²) < 4.78 is 28.4. The Balaban J connectivity index is 1.64. The predicted molar refractivity (Wildman–Crippen MR) is 153 cm³/mol. The summed E-state index contributed by atoms with van der Waals surface area (Å²) in [5.74, 6) is 0.